The highest BCUT2D eigenvalue weighted by molar-refractivity contribution is 5.83. The standard InChI is InChI=1S/C14H26N2O2/c15-11-14(7-2-3-8-14)13(17)16-9-6-12-5-1-4-10-18-12/h12H,1-11,15H2,(H,16,17). The lowest BCUT2D eigenvalue weighted by Gasteiger charge is -2.27. The first-order valence-corrected chi connectivity index (χ1v) is 7.37. The maximum absolute atomic E-state index is 12.2. The molecule has 0 spiro atoms. The van der Waals surface area contributed by atoms with Crippen molar-refractivity contribution in [3.63, 3.8) is 0 Å². The van der Waals surface area contributed by atoms with E-state index in [2.05, 4.69) is 5.32 Å². The van der Waals surface area contributed by atoms with Crippen molar-refractivity contribution in [1.82, 2.24) is 5.32 Å². The van der Waals surface area contributed by atoms with Crippen LogP contribution in [-0.2, 0) is 9.53 Å². The van der Waals surface area contributed by atoms with Crippen LogP contribution in [0.15, 0.2) is 0 Å². The van der Waals surface area contributed by atoms with Crippen molar-refractivity contribution in [3.05, 3.63) is 0 Å². The average molecular weight is 254 g/mol. The zero-order valence-electron chi connectivity index (χ0n) is 11.2. The van der Waals surface area contributed by atoms with E-state index in [1.165, 1.54) is 12.8 Å². The molecule has 1 heterocycles. The lowest BCUT2D eigenvalue weighted by molar-refractivity contribution is -0.130. The predicted octanol–water partition coefficient (Wildman–Crippen LogP) is 1.58. The summed E-state index contributed by atoms with van der Waals surface area (Å²) in [4.78, 5) is 12.2. The summed E-state index contributed by atoms with van der Waals surface area (Å²) in [7, 11) is 0. The molecule has 0 aromatic heterocycles. The molecular formula is C14H26N2O2. The third-order valence-corrected chi connectivity index (χ3v) is 4.46. The van der Waals surface area contributed by atoms with Crippen LogP contribution in [0.4, 0.5) is 0 Å². The van der Waals surface area contributed by atoms with Crippen LogP contribution in [0.3, 0.4) is 0 Å². The molecule has 0 bridgehead atoms. The van der Waals surface area contributed by atoms with E-state index in [1.807, 2.05) is 0 Å². The summed E-state index contributed by atoms with van der Waals surface area (Å²) >= 11 is 0. The molecule has 104 valence electrons. The molecule has 2 rings (SSSR count). The van der Waals surface area contributed by atoms with Crippen LogP contribution >= 0.6 is 0 Å². The largest absolute Gasteiger partial charge is 0.378 e. The monoisotopic (exact) mass is 254 g/mol. The SMILES string of the molecule is NCC1(C(=O)NCCC2CCCCO2)CCCC1. The van der Waals surface area contributed by atoms with Crippen molar-refractivity contribution < 1.29 is 9.53 Å². The van der Waals surface area contributed by atoms with E-state index < -0.39 is 0 Å². The Hall–Kier alpha value is -0.610. The molecule has 1 saturated carbocycles. The fourth-order valence-electron chi connectivity index (χ4n) is 3.14. The number of amides is 1. The molecule has 1 atom stereocenters. The molecule has 1 saturated heterocycles. The predicted molar refractivity (Wildman–Crippen MR) is 71.2 cm³/mol. The normalized spacial score (nSPS) is 27.1. The summed E-state index contributed by atoms with van der Waals surface area (Å²) in [6.45, 7) is 2.09. The molecule has 1 unspecified atom stereocenters. The molecule has 1 aliphatic heterocycles. The Bertz CT molecular complexity index is 269. The number of nitrogens with one attached hydrogen (secondary N) is 1. The van der Waals surface area contributed by atoms with Crippen LogP contribution in [-0.4, -0.2) is 31.7 Å². The Kier molecular flexibility index (Phi) is 5.01. The molecule has 0 aromatic rings. The number of hydrogen-bond donors (Lipinski definition) is 2. The minimum absolute atomic E-state index is 0.165. The lowest BCUT2D eigenvalue weighted by Crippen LogP contribution is -2.45. The second-order valence-corrected chi connectivity index (χ2v) is 5.72. The maximum atomic E-state index is 12.2. The van der Waals surface area contributed by atoms with Gasteiger partial charge in [0, 0.05) is 19.7 Å². The van der Waals surface area contributed by atoms with Gasteiger partial charge in [-0.15, -0.1) is 0 Å². The Labute approximate surface area is 110 Å². The minimum Gasteiger partial charge on any atom is -0.378 e. The first kappa shape index (κ1) is 13.8. The summed E-state index contributed by atoms with van der Waals surface area (Å²) in [6.07, 6.45) is 9.03. The van der Waals surface area contributed by atoms with Gasteiger partial charge < -0.3 is 15.8 Å². The van der Waals surface area contributed by atoms with Crippen LogP contribution in [0.5, 0.6) is 0 Å². The van der Waals surface area contributed by atoms with E-state index in [1.54, 1.807) is 0 Å². The smallest absolute Gasteiger partial charge is 0.227 e. The van der Waals surface area contributed by atoms with Gasteiger partial charge in [-0.2, -0.15) is 0 Å². The van der Waals surface area contributed by atoms with Gasteiger partial charge in [0.15, 0.2) is 0 Å². The first-order chi connectivity index (χ1) is 8.77. The second-order valence-electron chi connectivity index (χ2n) is 5.72. The van der Waals surface area contributed by atoms with Gasteiger partial charge in [0.2, 0.25) is 5.91 Å². The van der Waals surface area contributed by atoms with Crippen LogP contribution in [0.25, 0.3) is 0 Å². The molecule has 4 nitrogen and oxygen atoms in total. The molecule has 18 heavy (non-hydrogen) atoms. The highest BCUT2D eigenvalue weighted by atomic mass is 16.5. The molecular weight excluding hydrogens is 228 g/mol. The summed E-state index contributed by atoms with van der Waals surface area (Å²) in [5.74, 6) is 0.165. The van der Waals surface area contributed by atoms with Crippen LogP contribution in [0, 0.1) is 5.41 Å². The second kappa shape index (κ2) is 6.53. The Balaban J connectivity index is 1.70. The van der Waals surface area contributed by atoms with E-state index in [0.29, 0.717) is 12.6 Å². The van der Waals surface area contributed by atoms with Gasteiger partial charge in [-0.25, -0.2) is 0 Å². The molecule has 4 heteroatoms. The maximum Gasteiger partial charge on any atom is 0.227 e. The Morgan fingerprint density at radius 1 is 1.28 bits per heavy atom. The van der Waals surface area contributed by atoms with E-state index in [0.717, 1.165) is 51.7 Å². The van der Waals surface area contributed by atoms with Crippen molar-refractivity contribution >= 4 is 5.91 Å². The van der Waals surface area contributed by atoms with Crippen molar-refractivity contribution in [2.75, 3.05) is 19.7 Å². The topological polar surface area (TPSA) is 64.4 Å². The summed E-state index contributed by atoms with van der Waals surface area (Å²) in [5, 5.41) is 3.06. The van der Waals surface area contributed by atoms with Gasteiger partial charge in [-0.3, -0.25) is 4.79 Å². The molecule has 1 amide bonds. The molecule has 2 aliphatic rings. The van der Waals surface area contributed by atoms with Gasteiger partial charge in [0.1, 0.15) is 0 Å². The minimum atomic E-state index is -0.270. The highest BCUT2D eigenvalue weighted by Crippen LogP contribution is 2.37. The highest BCUT2D eigenvalue weighted by Gasteiger charge is 2.39. The zero-order chi connectivity index (χ0) is 12.8. The molecule has 1 aliphatic carbocycles. The van der Waals surface area contributed by atoms with E-state index in [9.17, 15) is 4.79 Å². The number of carbonyl (C=O) groups excluding carboxylic acids is 1. The summed E-state index contributed by atoms with van der Waals surface area (Å²) < 4.78 is 5.66. The van der Waals surface area contributed by atoms with E-state index in [-0.39, 0.29) is 11.3 Å². The third kappa shape index (κ3) is 3.23. The van der Waals surface area contributed by atoms with Gasteiger partial charge in [0.05, 0.1) is 11.5 Å². The number of hydrogen-bond acceptors (Lipinski definition) is 3. The summed E-state index contributed by atoms with van der Waals surface area (Å²) in [6, 6.07) is 0. The van der Waals surface area contributed by atoms with Crippen LogP contribution in [0.2, 0.25) is 0 Å². The molecule has 0 aromatic carbocycles. The van der Waals surface area contributed by atoms with Crippen LogP contribution in [0.1, 0.15) is 51.4 Å². The molecule has 0 radical (unpaired) electrons. The van der Waals surface area contributed by atoms with E-state index >= 15 is 0 Å². The van der Waals surface area contributed by atoms with Gasteiger partial charge in [-0.1, -0.05) is 12.8 Å². The van der Waals surface area contributed by atoms with Gasteiger partial charge in [-0.05, 0) is 38.5 Å². The number of rotatable bonds is 5. The average Bonchev–Trinajstić information content (AvgIpc) is 2.90. The number of carbonyl (C=O) groups is 1. The van der Waals surface area contributed by atoms with Gasteiger partial charge >= 0.3 is 0 Å². The lowest BCUT2D eigenvalue weighted by atomic mass is 9.85. The third-order valence-electron chi connectivity index (χ3n) is 4.46. The van der Waals surface area contributed by atoms with Crippen molar-refractivity contribution in [3.8, 4) is 0 Å². The quantitative estimate of drug-likeness (QED) is 0.783. The Morgan fingerprint density at radius 3 is 2.67 bits per heavy atom. The van der Waals surface area contributed by atoms with Crippen LogP contribution < -0.4 is 11.1 Å². The van der Waals surface area contributed by atoms with Gasteiger partial charge in [0.25, 0.3) is 0 Å². The summed E-state index contributed by atoms with van der Waals surface area (Å²) in [5.41, 5.74) is 5.53. The molecule has 2 fully saturated rings. The number of ether oxygens (including phenoxy) is 1. The van der Waals surface area contributed by atoms with E-state index in [4.69, 9.17) is 10.5 Å². The van der Waals surface area contributed by atoms with Crippen molar-refractivity contribution in [2.24, 2.45) is 11.1 Å². The fraction of sp³-hybridized carbons (Fsp3) is 0.929. The number of nitrogens with two attached hydrogens (primary N) is 1. The van der Waals surface area contributed by atoms with Crippen molar-refractivity contribution in [1.29, 1.82) is 0 Å². The Morgan fingerprint density at radius 2 is 2.06 bits per heavy atom. The zero-order valence-corrected chi connectivity index (χ0v) is 11.2. The molecule has 3 N–H and O–H groups in total. The first-order valence-electron chi connectivity index (χ1n) is 7.37. The fourth-order valence-corrected chi connectivity index (χ4v) is 3.14. The van der Waals surface area contributed by atoms with Crippen molar-refractivity contribution in [2.45, 2.75) is 57.5 Å².